The molecule has 0 N–H and O–H groups in total. The number of hydrogen-bond donors (Lipinski definition) is 0. The molecular formula is C11H17N5OS. The van der Waals surface area contributed by atoms with Crippen molar-refractivity contribution in [2.24, 2.45) is 7.05 Å². The molecule has 0 amide bonds. The van der Waals surface area contributed by atoms with Crippen LogP contribution in [0.15, 0.2) is 4.52 Å². The van der Waals surface area contributed by atoms with Crippen LogP contribution < -0.4 is 0 Å². The maximum absolute atomic E-state index is 5.13. The fourth-order valence-electron chi connectivity index (χ4n) is 1.47. The monoisotopic (exact) mass is 267 g/mol. The molecule has 0 aliphatic heterocycles. The molecule has 0 radical (unpaired) electrons. The van der Waals surface area contributed by atoms with E-state index >= 15 is 0 Å². The summed E-state index contributed by atoms with van der Waals surface area (Å²) in [4.78, 5) is 4.32. The third-order valence-corrected chi connectivity index (χ3v) is 3.54. The number of rotatable bonds is 6. The van der Waals surface area contributed by atoms with Crippen LogP contribution in [0.4, 0.5) is 0 Å². The predicted molar refractivity (Wildman–Crippen MR) is 69.0 cm³/mol. The van der Waals surface area contributed by atoms with Crippen LogP contribution in [0.5, 0.6) is 0 Å². The average molecular weight is 267 g/mol. The largest absolute Gasteiger partial charge is 0.339 e. The summed E-state index contributed by atoms with van der Waals surface area (Å²) in [5.74, 6) is 4.91. The average Bonchev–Trinajstić information content (AvgIpc) is 2.91. The summed E-state index contributed by atoms with van der Waals surface area (Å²) in [5.41, 5.74) is 0. The first-order valence-electron chi connectivity index (χ1n) is 5.94. The highest BCUT2D eigenvalue weighted by atomic mass is 32.2. The van der Waals surface area contributed by atoms with Gasteiger partial charge in [0.2, 0.25) is 5.89 Å². The topological polar surface area (TPSA) is 69.6 Å². The number of thioether (sulfide) groups is 1. The van der Waals surface area contributed by atoms with Crippen molar-refractivity contribution in [2.75, 3.05) is 0 Å². The smallest absolute Gasteiger partial charge is 0.226 e. The predicted octanol–water partition coefficient (Wildman–Crippen LogP) is 1.89. The molecule has 2 aromatic heterocycles. The van der Waals surface area contributed by atoms with E-state index in [-0.39, 0.29) is 0 Å². The van der Waals surface area contributed by atoms with Gasteiger partial charge in [-0.3, -0.25) is 0 Å². The van der Waals surface area contributed by atoms with Crippen LogP contribution in [0.3, 0.4) is 0 Å². The third-order valence-electron chi connectivity index (χ3n) is 2.62. The molecule has 0 atom stereocenters. The highest BCUT2D eigenvalue weighted by Gasteiger charge is 2.08. The van der Waals surface area contributed by atoms with Gasteiger partial charge in [-0.05, 0) is 13.3 Å². The second-order valence-corrected chi connectivity index (χ2v) is 5.06. The van der Waals surface area contributed by atoms with E-state index in [1.54, 1.807) is 11.8 Å². The van der Waals surface area contributed by atoms with Gasteiger partial charge in [0.15, 0.2) is 5.82 Å². The van der Waals surface area contributed by atoms with Crippen LogP contribution in [-0.4, -0.2) is 24.9 Å². The molecule has 7 heteroatoms. The van der Waals surface area contributed by atoms with Crippen molar-refractivity contribution in [3.63, 3.8) is 0 Å². The van der Waals surface area contributed by atoms with E-state index in [1.165, 1.54) is 0 Å². The van der Waals surface area contributed by atoms with Gasteiger partial charge < -0.3 is 9.09 Å². The van der Waals surface area contributed by atoms with Gasteiger partial charge in [0, 0.05) is 13.5 Å². The Kier molecular flexibility index (Phi) is 4.35. The summed E-state index contributed by atoms with van der Waals surface area (Å²) < 4.78 is 7.12. The van der Waals surface area contributed by atoms with Crippen LogP contribution in [-0.2, 0) is 25.0 Å². The van der Waals surface area contributed by atoms with Gasteiger partial charge in [-0.25, -0.2) is 0 Å². The van der Waals surface area contributed by atoms with E-state index in [0.29, 0.717) is 0 Å². The lowest BCUT2D eigenvalue weighted by Gasteiger charge is -1.99. The Morgan fingerprint density at radius 1 is 1.28 bits per heavy atom. The highest BCUT2D eigenvalue weighted by molar-refractivity contribution is 7.97. The zero-order valence-electron chi connectivity index (χ0n) is 10.9. The van der Waals surface area contributed by atoms with Gasteiger partial charge in [-0.2, -0.15) is 4.98 Å². The summed E-state index contributed by atoms with van der Waals surface area (Å²) >= 11 is 1.71. The van der Waals surface area contributed by atoms with E-state index in [1.807, 2.05) is 18.5 Å². The lowest BCUT2D eigenvalue weighted by atomic mass is 10.3. The first-order valence-corrected chi connectivity index (χ1v) is 7.10. The molecule has 98 valence electrons. The van der Waals surface area contributed by atoms with Crippen molar-refractivity contribution in [1.29, 1.82) is 0 Å². The Labute approximate surface area is 110 Å². The van der Waals surface area contributed by atoms with Crippen molar-refractivity contribution in [2.45, 2.75) is 38.2 Å². The first kappa shape index (κ1) is 13.1. The molecule has 0 aliphatic carbocycles. The number of aromatic nitrogens is 5. The van der Waals surface area contributed by atoms with Crippen molar-refractivity contribution < 1.29 is 4.52 Å². The van der Waals surface area contributed by atoms with Gasteiger partial charge in [0.05, 0.1) is 11.5 Å². The van der Waals surface area contributed by atoms with Crippen LogP contribution in [0.2, 0.25) is 0 Å². The molecule has 0 aromatic carbocycles. The molecule has 0 saturated heterocycles. The summed E-state index contributed by atoms with van der Waals surface area (Å²) in [6.45, 7) is 4.03. The standard InChI is InChI=1S/C11H17N5OS/c1-4-5-11-12-9(15-17-11)6-18-7-10-14-13-8(2)16(10)3/h4-7H2,1-3H3. The summed E-state index contributed by atoms with van der Waals surface area (Å²) in [5, 5.41) is 12.1. The SMILES string of the molecule is CCCc1nc(CSCc2nnc(C)n2C)no1. The highest BCUT2D eigenvalue weighted by Crippen LogP contribution is 2.15. The zero-order valence-corrected chi connectivity index (χ0v) is 11.7. The van der Waals surface area contributed by atoms with Crippen LogP contribution in [0, 0.1) is 6.92 Å². The Hall–Kier alpha value is -1.37. The van der Waals surface area contributed by atoms with Crippen LogP contribution in [0.1, 0.15) is 36.7 Å². The molecular weight excluding hydrogens is 250 g/mol. The molecule has 0 fully saturated rings. The minimum atomic E-state index is 0.725. The molecule has 0 saturated carbocycles. The van der Waals surface area contributed by atoms with Gasteiger partial charge in [-0.1, -0.05) is 12.1 Å². The van der Waals surface area contributed by atoms with Gasteiger partial charge in [-0.15, -0.1) is 22.0 Å². The van der Waals surface area contributed by atoms with Gasteiger partial charge in [0.1, 0.15) is 11.6 Å². The quantitative estimate of drug-likeness (QED) is 0.796. The Morgan fingerprint density at radius 3 is 2.78 bits per heavy atom. The minimum Gasteiger partial charge on any atom is -0.339 e. The normalized spacial score (nSPS) is 11.1. The van der Waals surface area contributed by atoms with Crippen molar-refractivity contribution in [3.8, 4) is 0 Å². The number of aryl methyl sites for hydroxylation is 2. The zero-order chi connectivity index (χ0) is 13.0. The molecule has 0 aliphatic rings. The Balaban J connectivity index is 1.82. The molecule has 0 bridgehead atoms. The van der Waals surface area contributed by atoms with Gasteiger partial charge >= 0.3 is 0 Å². The molecule has 2 aromatic rings. The number of nitrogens with zero attached hydrogens (tertiary/aromatic N) is 5. The van der Waals surface area contributed by atoms with Crippen molar-refractivity contribution in [1.82, 2.24) is 24.9 Å². The molecule has 2 rings (SSSR count). The first-order chi connectivity index (χ1) is 8.70. The third kappa shape index (κ3) is 3.10. The fourth-order valence-corrected chi connectivity index (χ4v) is 2.31. The van der Waals surface area contributed by atoms with E-state index in [9.17, 15) is 0 Å². The van der Waals surface area contributed by atoms with E-state index in [0.717, 1.165) is 47.7 Å². The van der Waals surface area contributed by atoms with Crippen LogP contribution in [0.25, 0.3) is 0 Å². The minimum absolute atomic E-state index is 0.725. The van der Waals surface area contributed by atoms with Crippen LogP contribution >= 0.6 is 11.8 Å². The lowest BCUT2D eigenvalue weighted by molar-refractivity contribution is 0.373. The summed E-state index contributed by atoms with van der Waals surface area (Å²) in [6, 6.07) is 0. The molecule has 0 unspecified atom stereocenters. The van der Waals surface area contributed by atoms with Crippen molar-refractivity contribution >= 4 is 11.8 Å². The second-order valence-electron chi connectivity index (χ2n) is 4.07. The number of hydrogen-bond acceptors (Lipinski definition) is 6. The van der Waals surface area contributed by atoms with Gasteiger partial charge in [0.25, 0.3) is 0 Å². The van der Waals surface area contributed by atoms with E-state index in [4.69, 9.17) is 4.52 Å². The maximum atomic E-state index is 5.13. The Morgan fingerprint density at radius 2 is 2.11 bits per heavy atom. The summed E-state index contributed by atoms with van der Waals surface area (Å²) in [7, 11) is 1.97. The molecule has 18 heavy (non-hydrogen) atoms. The van der Waals surface area contributed by atoms with Crippen molar-refractivity contribution in [3.05, 3.63) is 23.4 Å². The molecule has 2 heterocycles. The maximum Gasteiger partial charge on any atom is 0.226 e. The summed E-state index contributed by atoms with van der Waals surface area (Å²) in [6.07, 6.45) is 1.87. The Bertz CT molecular complexity index is 507. The lowest BCUT2D eigenvalue weighted by Crippen LogP contribution is -1.98. The van der Waals surface area contributed by atoms with E-state index in [2.05, 4.69) is 27.3 Å². The fraction of sp³-hybridized carbons (Fsp3) is 0.636. The molecule has 6 nitrogen and oxygen atoms in total. The van der Waals surface area contributed by atoms with E-state index < -0.39 is 0 Å². The second kappa shape index (κ2) is 5.99. The molecule has 0 spiro atoms.